The molecule has 2 aliphatic rings. The number of hydrogen-bond acceptors (Lipinski definition) is 3. The van der Waals surface area contributed by atoms with Gasteiger partial charge in [-0.2, -0.15) is 0 Å². The van der Waals surface area contributed by atoms with Crippen LogP contribution in [0.25, 0.3) is 0 Å². The van der Waals surface area contributed by atoms with Crippen molar-refractivity contribution in [2.24, 2.45) is 0 Å². The molecule has 2 fully saturated rings. The SMILES string of the molecule is C[C@@H]1CC[C@@H](CCC(=O)N2CCC[C@@H]2CC(=O)O)O1. The van der Waals surface area contributed by atoms with Crippen LogP contribution in [0.3, 0.4) is 0 Å². The van der Waals surface area contributed by atoms with E-state index in [-0.39, 0.29) is 24.5 Å². The maximum absolute atomic E-state index is 12.2. The van der Waals surface area contributed by atoms with Gasteiger partial charge in [0.15, 0.2) is 0 Å². The Morgan fingerprint density at radius 3 is 2.74 bits per heavy atom. The Labute approximate surface area is 113 Å². The summed E-state index contributed by atoms with van der Waals surface area (Å²) < 4.78 is 5.70. The van der Waals surface area contributed by atoms with Gasteiger partial charge < -0.3 is 14.7 Å². The molecule has 1 amide bonds. The lowest BCUT2D eigenvalue weighted by Crippen LogP contribution is -2.37. The average molecular weight is 269 g/mol. The molecule has 0 radical (unpaired) electrons. The zero-order valence-corrected chi connectivity index (χ0v) is 11.5. The number of aliphatic carboxylic acids is 1. The Morgan fingerprint density at radius 2 is 2.11 bits per heavy atom. The Morgan fingerprint density at radius 1 is 1.32 bits per heavy atom. The van der Waals surface area contributed by atoms with E-state index in [0.717, 1.165) is 32.1 Å². The van der Waals surface area contributed by atoms with Gasteiger partial charge in [-0.15, -0.1) is 0 Å². The summed E-state index contributed by atoms with van der Waals surface area (Å²) in [6.45, 7) is 2.77. The predicted octanol–water partition coefficient (Wildman–Crippen LogP) is 1.80. The Hall–Kier alpha value is -1.10. The highest BCUT2D eigenvalue weighted by Gasteiger charge is 2.31. The first kappa shape index (κ1) is 14.3. The molecule has 19 heavy (non-hydrogen) atoms. The first-order chi connectivity index (χ1) is 9.06. The molecular weight excluding hydrogens is 246 g/mol. The van der Waals surface area contributed by atoms with Crippen LogP contribution >= 0.6 is 0 Å². The topological polar surface area (TPSA) is 66.8 Å². The number of amides is 1. The van der Waals surface area contributed by atoms with E-state index < -0.39 is 5.97 Å². The van der Waals surface area contributed by atoms with Gasteiger partial charge in [-0.05, 0) is 39.0 Å². The molecule has 0 aliphatic carbocycles. The number of nitrogens with zero attached hydrogens (tertiary/aromatic N) is 1. The fraction of sp³-hybridized carbons (Fsp3) is 0.857. The fourth-order valence-electron chi connectivity index (χ4n) is 3.10. The lowest BCUT2D eigenvalue weighted by molar-refractivity contribution is -0.140. The molecule has 0 aromatic rings. The van der Waals surface area contributed by atoms with Gasteiger partial charge in [0.1, 0.15) is 0 Å². The van der Waals surface area contributed by atoms with E-state index in [1.54, 1.807) is 4.90 Å². The largest absolute Gasteiger partial charge is 0.481 e. The highest BCUT2D eigenvalue weighted by molar-refractivity contribution is 5.78. The molecule has 0 bridgehead atoms. The van der Waals surface area contributed by atoms with E-state index in [2.05, 4.69) is 6.92 Å². The molecular formula is C14H23NO4. The smallest absolute Gasteiger partial charge is 0.305 e. The molecule has 5 heteroatoms. The highest BCUT2D eigenvalue weighted by atomic mass is 16.5. The molecule has 2 saturated heterocycles. The van der Waals surface area contributed by atoms with Crippen molar-refractivity contribution in [3.05, 3.63) is 0 Å². The van der Waals surface area contributed by atoms with Crippen molar-refractivity contribution in [3.63, 3.8) is 0 Å². The summed E-state index contributed by atoms with van der Waals surface area (Å²) in [7, 11) is 0. The Balaban J connectivity index is 1.77. The second-order valence-electron chi connectivity index (χ2n) is 5.67. The molecule has 1 N–H and O–H groups in total. The summed E-state index contributed by atoms with van der Waals surface area (Å²) in [5.41, 5.74) is 0. The molecule has 108 valence electrons. The van der Waals surface area contributed by atoms with E-state index >= 15 is 0 Å². The second kappa shape index (κ2) is 6.37. The maximum Gasteiger partial charge on any atom is 0.305 e. The van der Waals surface area contributed by atoms with Gasteiger partial charge in [0.05, 0.1) is 18.6 Å². The number of likely N-dealkylation sites (tertiary alicyclic amines) is 1. The van der Waals surface area contributed by atoms with Crippen LogP contribution in [0, 0.1) is 0 Å². The summed E-state index contributed by atoms with van der Waals surface area (Å²) in [6, 6.07) is -0.103. The summed E-state index contributed by atoms with van der Waals surface area (Å²) in [5, 5.41) is 8.85. The number of carboxylic acid groups (broad SMARTS) is 1. The third-order valence-corrected chi connectivity index (χ3v) is 4.11. The van der Waals surface area contributed by atoms with Gasteiger partial charge in [0.25, 0.3) is 0 Å². The van der Waals surface area contributed by atoms with Crippen molar-refractivity contribution >= 4 is 11.9 Å². The van der Waals surface area contributed by atoms with Gasteiger partial charge >= 0.3 is 5.97 Å². The van der Waals surface area contributed by atoms with E-state index in [9.17, 15) is 9.59 Å². The number of ether oxygens (including phenoxy) is 1. The minimum absolute atomic E-state index is 0.0721. The van der Waals surface area contributed by atoms with Crippen LogP contribution < -0.4 is 0 Å². The third-order valence-electron chi connectivity index (χ3n) is 4.11. The number of carbonyl (C=O) groups is 2. The first-order valence-electron chi connectivity index (χ1n) is 7.23. The minimum atomic E-state index is -0.822. The van der Waals surface area contributed by atoms with Crippen LogP contribution in [0.5, 0.6) is 0 Å². The van der Waals surface area contributed by atoms with Gasteiger partial charge in [-0.1, -0.05) is 0 Å². The summed E-state index contributed by atoms with van der Waals surface area (Å²) in [6.07, 6.45) is 5.67. The molecule has 0 unspecified atom stereocenters. The quantitative estimate of drug-likeness (QED) is 0.826. The van der Waals surface area contributed by atoms with Crippen LogP contribution in [-0.4, -0.2) is 46.7 Å². The first-order valence-corrected chi connectivity index (χ1v) is 7.23. The lowest BCUT2D eigenvalue weighted by atomic mass is 10.1. The maximum atomic E-state index is 12.2. The third kappa shape index (κ3) is 3.93. The number of rotatable bonds is 5. The van der Waals surface area contributed by atoms with E-state index in [0.29, 0.717) is 19.1 Å². The van der Waals surface area contributed by atoms with E-state index in [1.807, 2.05) is 0 Å². The van der Waals surface area contributed by atoms with Gasteiger partial charge in [-0.3, -0.25) is 9.59 Å². The molecule has 0 spiro atoms. The Bertz CT molecular complexity index is 344. The monoisotopic (exact) mass is 269 g/mol. The van der Waals surface area contributed by atoms with Crippen molar-refractivity contribution < 1.29 is 19.4 Å². The zero-order valence-electron chi connectivity index (χ0n) is 11.5. The molecule has 0 aromatic heterocycles. The highest BCUT2D eigenvalue weighted by Crippen LogP contribution is 2.25. The van der Waals surface area contributed by atoms with E-state index in [1.165, 1.54) is 0 Å². The Kier molecular flexibility index (Phi) is 4.80. The van der Waals surface area contributed by atoms with Crippen molar-refractivity contribution in [3.8, 4) is 0 Å². The van der Waals surface area contributed by atoms with Crippen LogP contribution in [0.1, 0.15) is 51.9 Å². The average Bonchev–Trinajstić information content (AvgIpc) is 2.94. The van der Waals surface area contributed by atoms with Crippen molar-refractivity contribution in [1.82, 2.24) is 4.90 Å². The molecule has 2 heterocycles. The van der Waals surface area contributed by atoms with Crippen LogP contribution in [0.2, 0.25) is 0 Å². The van der Waals surface area contributed by atoms with Crippen molar-refractivity contribution in [2.45, 2.75) is 70.1 Å². The summed E-state index contributed by atoms with van der Waals surface area (Å²) in [5.74, 6) is -0.732. The van der Waals surface area contributed by atoms with E-state index in [4.69, 9.17) is 9.84 Å². The lowest BCUT2D eigenvalue weighted by Gasteiger charge is -2.24. The molecule has 2 aliphatic heterocycles. The molecule has 5 nitrogen and oxygen atoms in total. The van der Waals surface area contributed by atoms with Crippen LogP contribution in [0.15, 0.2) is 0 Å². The zero-order chi connectivity index (χ0) is 13.8. The number of carbonyl (C=O) groups excluding carboxylic acids is 1. The predicted molar refractivity (Wildman–Crippen MR) is 69.8 cm³/mol. The molecule has 0 aromatic carbocycles. The number of carboxylic acids is 1. The van der Waals surface area contributed by atoms with Gasteiger partial charge in [0.2, 0.25) is 5.91 Å². The summed E-state index contributed by atoms with van der Waals surface area (Å²) >= 11 is 0. The van der Waals surface area contributed by atoms with Crippen LogP contribution in [-0.2, 0) is 14.3 Å². The summed E-state index contributed by atoms with van der Waals surface area (Å²) in [4.78, 5) is 24.7. The fourth-order valence-corrected chi connectivity index (χ4v) is 3.10. The van der Waals surface area contributed by atoms with Crippen LogP contribution in [0.4, 0.5) is 0 Å². The van der Waals surface area contributed by atoms with Crippen molar-refractivity contribution in [1.29, 1.82) is 0 Å². The molecule has 3 atom stereocenters. The number of hydrogen-bond donors (Lipinski definition) is 1. The molecule has 2 rings (SSSR count). The van der Waals surface area contributed by atoms with Crippen molar-refractivity contribution in [2.75, 3.05) is 6.54 Å². The normalized spacial score (nSPS) is 30.8. The minimum Gasteiger partial charge on any atom is -0.481 e. The second-order valence-corrected chi connectivity index (χ2v) is 5.67. The van der Waals surface area contributed by atoms with Gasteiger partial charge in [0, 0.05) is 19.0 Å². The standard InChI is InChI=1S/C14H23NO4/c1-10-4-5-12(19-10)6-7-13(16)15-8-2-3-11(15)9-14(17)18/h10-12H,2-9H2,1H3,(H,17,18)/t10-,11-,12+/m1/s1. The van der Waals surface area contributed by atoms with Gasteiger partial charge in [-0.25, -0.2) is 0 Å². The molecule has 0 saturated carbocycles.